The van der Waals surface area contributed by atoms with Crippen LogP contribution >= 0.6 is 0 Å². The van der Waals surface area contributed by atoms with E-state index in [1.807, 2.05) is 78.6 Å². The second-order valence-corrected chi connectivity index (χ2v) is 11.3. The maximum absolute atomic E-state index is 13.8. The number of likely N-dealkylation sites (tertiary alicyclic amines) is 1. The Balaban J connectivity index is 1.21. The molecule has 0 spiro atoms. The van der Waals surface area contributed by atoms with E-state index < -0.39 is 5.97 Å². The van der Waals surface area contributed by atoms with Gasteiger partial charge in [-0.25, -0.2) is 9.59 Å². The second kappa shape index (κ2) is 15.7. The molecule has 2 atom stereocenters. The molecule has 46 heavy (non-hydrogen) atoms. The monoisotopic (exact) mass is 621 g/mol. The minimum Gasteiger partial charge on any atom is -0.491 e. The third-order valence-electron chi connectivity index (χ3n) is 8.01. The van der Waals surface area contributed by atoms with E-state index in [1.165, 1.54) is 7.11 Å². The van der Waals surface area contributed by atoms with E-state index in [9.17, 15) is 14.4 Å². The number of urea groups is 1. The summed E-state index contributed by atoms with van der Waals surface area (Å²) in [4.78, 5) is 40.0. The van der Waals surface area contributed by atoms with Crippen LogP contribution in [0, 0.1) is 6.92 Å². The molecule has 0 bridgehead atoms. The van der Waals surface area contributed by atoms with Crippen molar-refractivity contribution in [3.63, 3.8) is 0 Å². The van der Waals surface area contributed by atoms with Crippen molar-refractivity contribution in [3.05, 3.63) is 125 Å². The lowest BCUT2D eigenvalue weighted by atomic mass is 10.1. The van der Waals surface area contributed by atoms with Crippen LogP contribution in [0.25, 0.3) is 0 Å². The Hall–Kier alpha value is -5.15. The van der Waals surface area contributed by atoms with Gasteiger partial charge in [0.25, 0.3) is 0 Å². The van der Waals surface area contributed by atoms with Gasteiger partial charge in [0.1, 0.15) is 12.4 Å². The zero-order chi connectivity index (χ0) is 32.3. The number of esters is 1. The maximum atomic E-state index is 13.8. The first-order valence-corrected chi connectivity index (χ1v) is 15.4. The summed E-state index contributed by atoms with van der Waals surface area (Å²) in [6.07, 6.45) is 1.79. The summed E-state index contributed by atoms with van der Waals surface area (Å²) in [5.74, 6) is 0.184. The maximum Gasteiger partial charge on any atom is 0.337 e. The smallest absolute Gasteiger partial charge is 0.337 e. The summed E-state index contributed by atoms with van der Waals surface area (Å²) >= 11 is 0. The van der Waals surface area contributed by atoms with Gasteiger partial charge in [0.2, 0.25) is 5.91 Å². The molecule has 3 amide bonds. The Morgan fingerprint density at radius 3 is 2.13 bits per heavy atom. The summed E-state index contributed by atoms with van der Waals surface area (Å²) < 4.78 is 16.9. The number of aryl methyl sites for hydroxylation is 1. The van der Waals surface area contributed by atoms with E-state index in [1.54, 1.807) is 36.4 Å². The summed E-state index contributed by atoms with van der Waals surface area (Å²) in [6.45, 7) is 3.14. The van der Waals surface area contributed by atoms with E-state index in [4.69, 9.17) is 14.2 Å². The quantitative estimate of drug-likeness (QED) is 0.172. The molecule has 1 aliphatic rings. The Morgan fingerprint density at radius 2 is 1.43 bits per heavy atom. The van der Waals surface area contributed by atoms with Gasteiger partial charge >= 0.3 is 12.0 Å². The van der Waals surface area contributed by atoms with Crippen LogP contribution in [0.15, 0.2) is 103 Å². The Bertz CT molecular complexity index is 1610. The summed E-state index contributed by atoms with van der Waals surface area (Å²) in [5.41, 5.74) is 4.69. The topological polar surface area (TPSA) is 106 Å². The number of nitrogens with one attached hydrogen (secondary N) is 2. The molecule has 1 aliphatic heterocycles. The van der Waals surface area contributed by atoms with Crippen LogP contribution in [0.4, 0.5) is 16.2 Å². The number of methoxy groups -OCH3 is 1. The molecule has 5 rings (SSSR count). The highest BCUT2D eigenvalue weighted by Crippen LogP contribution is 2.27. The highest BCUT2D eigenvalue weighted by Gasteiger charge is 2.37. The van der Waals surface area contributed by atoms with Crippen LogP contribution in [0.5, 0.6) is 5.75 Å². The van der Waals surface area contributed by atoms with E-state index in [2.05, 4.69) is 10.6 Å². The molecule has 4 aromatic carbocycles. The lowest BCUT2D eigenvalue weighted by Crippen LogP contribution is -2.46. The van der Waals surface area contributed by atoms with Crippen molar-refractivity contribution in [1.29, 1.82) is 0 Å². The number of carbonyl (C=O) groups is 3. The number of carbonyl (C=O) groups excluding carboxylic acids is 3. The molecule has 4 aromatic rings. The summed E-state index contributed by atoms with van der Waals surface area (Å²) in [6, 6.07) is 31.0. The van der Waals surface area contributed by atoms with Crippen LogP contribution in [-0.4, -0.2) is 55.2 Å². The molecule has 1 fully saturated rings. The van der Waals surface area contributed by atoms with Crippen LogP contribution in [0.3, 0.4) is 0 Å². The zero-order valence-electron chi connectivity index (χ0n) is 26.1. The van der Waals surface area contributed by atoms with E-state index in [0.717, 1.165) is 35.2 Å². The van der Waals surface area contributed by atoms with Gasteiger partial charge in [-0.05, 0) is 78.9 Å². The number of anilines is 2. The lowest BCUT2D eigenvalue weighted by molar-refractivity contribution is -0.135. The highest BCUT2D eigenvalue weighted by atomic mass is 16.5. The number of para-hydroxylation sites is 1. The van der Waals surface area contributed by atoms with Gasteiger partial charge in [-0.3, -0.25) is 4.79 Å². The van der Waals surface area contributed by atoms with Crippen molar-refractivity contribution in [2.24, 2.45) is 0 Å². The number of ether oxygens (including phenoxy) is 3. The SMILES string of the molecule is COC(=O)c1ccc(OC[C@@H]2CC[C@H](COCc3ccccc3)N2C(=O)Cc2ccc(NC(=O)Nc3ccccc3C)cc2)cc1. The van der Waals surface area contributed by atoms with Gasteiger partial charge in [0.15, 0.2) is 0 Å². The number of hydrogen-bond donors (Lipinski definition) is 2. The Kier molecular flexibility index (Phi) is 11.0. The standard InChI is InChI=1S/C37H39N3O6/c1-26-8-6-7-11-34(26)39-37(43)38-30-16-12-27(13-17-30)22-35(41)40-31(24-45-23-28-9-4-3-5-10-28)18-19-32(40)25-46-33-20-14-29(15-21-33)36(42)44-2/h3-17,20-21,31-32H,18-19,22-25H2,1-2H3,(H2,38,39,43)/t31-,32+/m1/s1. The molecular formula is C37H39N3O6. The molecule has 1 saturated heterocycles. The zero-order valence-corrected chi connectivity index (χ0v) is 26.1. The fourth-order valence-electron chi connectivity index (χ4n) is 5.55. The predicted octanol–water partition coefficient (Wildman–Crippen LogP) is 6.62. The number of amides is 3. The van der Waals surface area contributed by atoms with E-state index >= 15 is 0 Å². The van der Waals surface area contributed by atoms with Gasteiger partial charge in [0.05, 0.1) is 44.4 Å². The minimum absolute atomic E-state index is 0.0153. The Morgan fingerprint density at radius 1 is 0.761 bits per heavy atom. The van der Waals surface area contributed by atoms with Crippen molar-refractivity contribution >= 4 is 29.3 Å². The van der Waals surface area contributed by atoms with Gasteiger partial charge in [-0.1, -0.05) is 60.7 Å². The minimum atomic E-state index is -0.410. The molecule has 0 unspecified atom stereocenters. The average Bonchev–Trinajstić information content (AvgIpc) is 3.49. The molecule has 0 aliphatic carbocycles. The van der Waals surface area contributed by atoms with Gasteiger partial charge in [0, 0.05) is 11.4 Å². The fourth-order valence-corrected chi connectivity index (χ4v) is 5.55. The summed E-state index contributed by atoms with van der Waals surface area (Å²) in [7, 11) is 1.34. The number of hydrogen-bond acceptors (Lipinski definition) is 6. The van der Waals surface area contributed by atoms with Crippen molar-refractivity contribution in [3.8, 4) is 5.75 Å². The molecular weight excluding hydrogens is 582 g/mol. The fraction of sp³-hybridized carbons (Fsp3) is 0.270. The van der Waals surface area contributed by atoms with Crippen molar-refractivity contribution in [2.75, 3.05) is 31.0 Å². The largest absolute Gasteiger partial charge is 0.491 e. The third-order valence-corrected chi connectivity index (χ3v) is 8.01. The van der Waals surface area contributed by atoms with Crippen molar-refractivity contribution in [1.82, 2.24) is 4.90 Å². The van der Waals surface area contributed by atoms with Crippen molar-refractivity contribution in [2.45, 2.75) is 44.9 Å². The molecule has 0 radical (unpaired) electrons. The summed E-state index contributed by atoms with van der Waals surface area (Å²) in [5, 5.41) is 5.70. The third kappa shape index (κ3) is 8.73. The van der Waals surface area contributed by atoms with Gasteiger partial charge in [-0.2, -0.15) is 0 Å². The number of nitrogens with zero attached hydrogens (tertiary/aromatic N) is 1. The van der Waals surface area contributed by atoms with E-state index in [0.29, 0.717) is 36.8 Å². The first kappa shape index (κ1) is 32.2. The van der Waals surface area contributed by atoms with Crippen molar-refractivity contribution < 1.29 is 28.6 Å². The van der Waals surface area contributed by atoms with Gasteiger partial charge < -0.3 is 29.7 Å². The highest BCUT2D eigenvalue weighted by molar-refractivity contribution is 6.00. The lowest BCUT2D eigenvalue weighted by Gasteiger charge is -2.30. The first-order valence-electron chi connectivity index (χ1n) is 15.4. The molecule has 1 heterocycles. The van der Waals surface area contributed by atoms with Gasteiger partial charge in [-0.15, -0.1) is 0 Å². The number of rotatable bonds is 12. The molecule has 2 N–H and O–H groups in total. The second-order valence-electron chi connectivity index (χ2n) is 11.3. The van der Waals surface area contributed by atoms with Crippen LogP contribution < -0.4 is 15.4 Å². The average molecular weight is 622 g/mol. The predicted molar refractivity (Wildman–Crippen MR) is 177 cm³/mol. The molecule has 0 aromatic heterocycles. The molecule has 9 nitrogen and oxygen atoms in total. The molecule has 238 valence electrons. The van der Waals surface area contributed by atoms with Crippen LogP contribution in [-0.2, 0) is 27.3 Å². The number of benzene rings is 4. The Labute approximate surface area is 269 Å². The first-order chi connectivity index (χ1) is 22.4. The van der Waals surface area contributed by atoms with Crippen LogP contribution in [0.1, 0.15) is 39.9 Å². The van der Waals surface area contributed by atoms with Crippen LogP contribution in [0.2, 0.25) is 0 Å². The molecule has 9 heteroatoms. The van der Waals surface area contributed by atoms with E-state index in [-0.39, 0.29) is 30.4 Å². The molecule has 0 saturated carbocycles. The normalized spacial score (nSPS) is 15.7.